The smallest absolute Gasteiger partial charge is 0.238 e. The SMILES string of the molecule is O=C(CN1CCCC1C(=O)NC1CC1)Nc1cccc2ccccc12. The fourth-order valence-corrected chi connectivity index (χ4v) is 3.55. The molecule has 2 aromatic carbocycles. The van der Waals surface area contributed by atoms with Crippen molar-refractivity contribution < 1.29 is 9.59 Å². The highest BCUT2D eigenvalue weighted by Crippen LogP contribution is 2.24. The summed E-state index contributed by atoms with van der Waals surface area (Å²) in [6.07, 6.45) is 3.96. The molecule has 5 nitrogen and oxygen atoms in total. The minimum Gasteiger partial charge on any atom is -0.352 e. The van der Waals surface area contributed by atoms with Crippen LogP contribution in [0.15, 0.2) is 42.5 Å². The van der Waals surface area contributed by atoms with E-state index in [1.165, 1.54) is 0 Å². The fraction of sp³-hybridized carbons (Fsp3) is 0.400. The maximum Gasteiger partial charge on any atom is 0.238 e. The van der Waals surface area contributed by atoms with E-state index in [0.717, 1.165) is 48.7 Å². The molecule has 0 bridgehead atoms. The molecule has 2 aliphatic rings. The first kappa shape index (κ1) is 16.1. The summed E-state index contributed by atoms with van der Waals surface area (Å²) in [6, 6.07) is 14.1. The Morgan fingerprint density at radius 2 is 1.84 bits per heavy atom. The first-order valence-electron chi connectivity index (χ1n) is 9.03. The van der Waals surface area contributed by atoms with Gasteiger partial charge in [-0.2, -0.15) is 0 Å². The topological polar surface area (TPSA) is 61.4 Å². The van der Waals surface area contributed by atoms with E-state index >= 15 is 0 Å². The molecule has 0 spiro atoms. The Morgan fingerprint density at radius 3 is 2.68 bits per heavy atom. The molecule has 1 aliphatic carbocycles. The van der Waals surface area contributed by atoms with E-state index in [2.05, 4.69) is 10.6 Å². The lowest BCUT2D eigenvalue weighted by atomic mass is 10.1. The second-order valence-electron chi connectivity index (χ2n) is 6.99. The van der Waals surface area contributed by atoms with Crippen molar-refractivity contribution in [2.24, 2.45) is 0 Å². The number of nitrogens with one attached hydrogen (secondary N) is 2. The normalized spacial score (nSPS) is 20.6. The Labute approximate surface area is 147 Å². The van der Waals surface area contributed by atoms with E-state index in [-0.39, 0.29) is 24.4 Å². The van der Waals surface area contributed by atoms with Gasteiger partial charge < -0.3 is 10.6 Å². The van der Waals surface area contributed by atoms with Crippen LogP contribution in [0, 0.1) is 0 Å². The van der Waals surface area contributed by atoms with Gasteiger partial charge in [-0.15, -0.1) is 0 Å². The summed E-state index contributed by atoms with van der Waals surface area (Å²) in [5.41, 5.74) is 0.821. The third kappa shape index (κ3) is 3.66. The highest BCUT2D eigenvalue weighted by atomic mass is 16.2. The van der Waals surface area contributed by atoms with E-state index in [1.54, 1.807) is 0 Å². The molecule has 1 saturated heterocycles. The van der Waals surface area contributed by atoms with Crippen LogP contribution >= 0.6 is 0 Å². The van der Waals surface area contributed by atoms with E-state index in [9.17, 15) is 9.59 Å². The number of rotatable bonds is 5. The zero-order chi connectivity index (χ0) is 17.2. The molecule has 2 aromatic rings. The Bertz CT molecular complexity index is 795. The van der Waals surface area contributed by atoms with Gasteiger partial charge in [-0.1, -0.05) is 36.4 Å². The zero-order valence-corrected chi connectivity index (χ0v) is 14.2. The van der Waals surface area contributed by atoms with Gasteiger partial charge in [0.1, 0.15) is 0 Å². The molecule has 1 unspecified atom stereocenters. The van der Waals surface area contributed by atoms with Crippen molar-refractivity contribution in [2.75, 3.05) is 18.4 Å². The number of amides is 2. The fourth-order valence-electron chi connectivity index (χ4n) is 3.55. The molecule has 2 fully saturated rings. The minimum absolute atomic E-state index is 0.0672. The lowest BCUT2D eigenvalue weighted by Crippen LogP contribution is -2.46. The number of anilines is 1. The summed E-state index contributed by atoms with van der Waals surface area (Å²) in [5.74, 6) is 0.0143. The number of hydrogen-bond acceptors (Lipinski definition) is 3. The summed E-state index contributed by atoms with van der Waals surface area (Å²) in [4.78, 5) is 26.9. The van der Waals surface area contributed by atoms with Gasteiger partial charge in [0, 0.05) is 17.1 Å². The number of carbonyl (C=O) groups excluding carboxylic acids is 2. The molecule has 2 N–H and O–H groups in total. The van der Waals surface area contributed by atoms with Crippen molar-refractivity contribution in [2.45, 2.75) is 37.8 Å². The van der Waals surface area contributed by atoms with Crippen molar-refractivity contribution in [1.29, 1.82) is 0 Å². The van der Waals surface area contributed by atoms with E-state index in [4.69, 9.17) is 0 Å². The summed E-state index contributed by atoms with van der Waals surface area (Å²) in [7, 11) is 0. The first-order chi connectivity index (χ1) is 12.2. The van der Waals surface area contributed by atoms with Crippen LogP contribution in [0.2, 0.25) is 0 Å². The summed E-state index contributed by atoms with van der Waals surface area (Å²) >= 11 is 0. The molecule has 2 amide bonds. The standard InChI is InChI=1S/C20H23N3O2/c24-19(22-17-8-3-6-14-5-1-2-7-16(14)17)13-23-12-4-9-18(23)20(25)21-15-10-11-15/h1-3,5-8,15,18H,4,9-13H2,(H,21,25)(H,22,24). The molecule has 1 atom stereocenters. The highest BCUT2D eigenvalue weighted by molar-refractivity contribution is 6.02. The molecule has 0 aromatic heterocycles. The van der Waals surface area contributed by atoms with Crippen LogP contribution in [0.25, 0.3) is 10.8 Å². The van der Waals surface area contributed by atoms with Gasteiger partial charge in [0.15, 0.2) is 0 Å². The van der Waals surface area contributed by atoms with Gasteiger partial charge in [-0.05, 0) is 43.7 Å². The van der Waals surface area contributed by atoms with Gasteiger partial charge in [0.05, 0.1) is 12.6 Å². The van der Waals surface area contributed by atoms with E-state index in [1.807, 2.05) is 47.4 Å². The Morgan fingerprint density at radius 1 is 1.04 bits per heavy atom. The Kier molecular flexibility index (Phi) is 4.40. The quantitative estimate of drug-likeness (QED) is 0.881. The highest BCUT2D eigenvalue weighted by Gasteiger charge is 2.34. The van der Waals surface area contributed by atoms with Gasteiger partial charge in [0.25, 0.3) is 0 Å². The van der Waals surface area contributed by atoms with Crippen LogP contribution < -0.4 is 10.6 Å². The van der Waals surface area contributed by atoms with Crippen LogP contribution in [0.1, 0.15) is 25.7 Å². The lowest BCUT2D eigenvalue weighted by Gasteiger charge is -2.23. The van der Waals surface area contributed by atoms with Crippen molar-refractivity contribution >= 4 is 28.3 Å². The van der Waals surface area contributed by atoms with Gasteiger partial charge in [-0.3, -0.25) is 14.5 Å². The summed E-state index contributed by atoms with van der Waals surface area (Å²) in [5, 5.41) is 8.20. The van der Waals surface area contributed by atoms with Crippen LogP contribution in [-0.2, 0) is 9.59 Å². The maximum atomic E-state index is 12.5. The monoisotopic (exact) mass is 337 g/mol. The predicted molar refractivity (Wildman–Crippen MR) is 98.3 cm³/mol. The average Bonchev–Trinajstić information content (AvgIpc) is 3.30. The van der Waals surface area contributed by atoms with Crippen molar-refractivity contribution in [3.63, 3.8) is 0 Å². The number of hydrogen-bond donors (Lipinski definition) is 2. The maximum absolute atomic E-state index is 12.5. The molecular weight excluding hydrogens is 314 g/mol. The third-order valence-corrected chi connectivity index (χ3v) is 5.00. The average molecular weight is 337 g/mol. The van der Waals surface area contributed by atoms with Crippen molar-refractivity contribution in [1.82, 2.24) is 10.2 Å². The minimum atomic E-state index is -0.168. The zero-order valence-electron chi connectivity index (χ0n) is 14.2. The number of benzene rings is 2. The second kappa shape index (κ2) is 6.84. The third-order valence-electron chi connectivity index (χ3n) is 5.00. The molecular formula is C20H23N3O2. The molecule has 1 saturated carbocycles. The van der Waals surface area contributed by atoms with Crippen LogP contribution in [0.5, 0.6) is 0 Å². The largest absolute Gasteiger partial charge is 0.352 e. The lowest BCUT2D eigenvalue weighted by molar-refractivity contribution is -0.126. The molecule has 25 heavy (non-hydrogen) atoms. The molecule has 130 valence electrons. The number of carbonyl (C=O) groups is 2. The number of nitrogens with zero attached hydrogens (tertiary/aromatic N) is 1. The molecule has 4 rings (SSSR count). The number of fused-ring (bicyclic) bond motifs is 1. The predicted octanol–water partition coefficient (Wildman–Crippen LogP) is 2.52. The van der Waals surface area contributed by atoms with Crippen molar-refractivity contribution in [3.8, 4) is 0 Å². The van der Waals surface area contributed by atoms with Crippen LogP contribution in [0.3, 0.4) is 0 Å². The van der Waals surface area contributed by atoms with E-state index in [0.29, 0.717) is 6.04 Å². The summed E-state index contributed by atoms with van der Waals surface area (Å²) in [6.45, 7) is 1.05. The first-order valence-corrected chi connectivity index (χ1v) is 9.03. The van der Waals surface area contributed by atoms with Gasteiger partial charge in [0.2, 0.25) is 11.8 Å². The van der Waals surface area contributed by atoms with Gasteiger partial charge >= 0.3 is 0 Å². The second-order valence-corrected chi connectivity index (χ2v) is 6.99. The molecule has 1 aliphatic heterocycles. The number of likely N-dealkylation sites (tertiary alicyclic amines) is 1. The van der Waals surface area contributed by atoms with Gasteiger partial charge in [-0.25, -0.2) is 0 Å². The molecule has 5 heteroatoms. The molecule has 1 heterocycles. The van der Waals surface area contributed by atoms with E-state index < -0.39 is 0 Å². The van der Waals surface area contributed by atoms with Crippen molar-refractivity contribution in [3.05, 3.63) is 42.5 Å². The summed E-state index contributed by atoms with van der Waals surface area (Å²) < 4.78 is 0. The molecule has 0 radical (unpaired) electrons. The Balaban J connectivity index is 1.41. The van der Waals surface area contributed by atoms with Crippen LogP contribution in [0.4, 0.5) is 5.69 Å². The Hall–Kier alpha value is -2.40. The van der Waals surface area contributed by atoms with Crippen LogP contribution in [-0.4, -0.2) is 41.9 Å².